The second-order valence-corrected chi connectivity index (χ2v) is 3.17. The second kappa shape index (κ2) is 2.86. The fourth-order valence-corrected chi connectivity index (χ4v) is 1.68. The largest absolute Gasteiger partial charge is 0.480 e. The summed E-state index contributed by atoms with van der Waals surface area (Å²) >= 11 is 3.04. The Morgan fingerprint density at radius 1 is 1.70 bits per heavy atom. The molecule has 58 valence electrons. The van der Waals surface area contributed by atoms with E-state index in [0.29, 0.717) is 13.0 Å². The van der Waals surface area contributed by atoms with Gasteiger partial charge >= 0.3 is 5.97 Å². The zero-order chi connectivity index (χ0) is 7.72. The Kier molecular flexibility index (Phi) is 2.28. The first-order valence-corrected chi connectivity index (χ1v) is 3.67. The van der Waals surface area contributed by atoms with Crippen molar-refractivity contribution in [1.29, 1.82) is 0 Å². The lowest BCUT2D eigenvalue weighted by molar-refractivity contribution is -0.142. The fraction of sp³-hybridized carbons (Fsp3) is 0.800. The van der Waals surface area contributed by atoms with Crippen molar-refractivity contribution in [3.8, 4) is 0 Å². The summed E-state index contributed by atoms with van der Waals surface area (Å²) in [6.07, 6.45) is -0.223. The van der Waals surface area contributed by atoms with Gasteiger partial charge in [0.1, 0.15) is 6.04 Å². The van der Waals surface area contributed by atoms with Gasteiger partial charge in [0.25, 0.3) is 0 Å². The van der Waals surface area contributed by atoms with Gasteiger partial charge < -0.3 is 10.2 Å². The Morgan fingerprint density at radius 2 is 2.30 bits per heavy atom. The predicted molar refractivity (Wildman–Crippen MR) is 37.7 cm³/mol. The van der Waals surface area contributed by atoms with Crippen LogP contribution in [0.3, 0.4) is 0 Å². The van der Waals surface area contributed by atoms with Crippen LogP contribution in [-0.2, 0) is 4.79 Å². The molecule has 1 fully saturated rings. The van der Waals surface area contributed by atoms with E-state index >= 15 is 0 Å². The lowest BCUT2D eigenvalue weighted by atomic mass is 10.2. The van der Waals surface area contributed by atoms with E-state index in [0.717, 1.165) is 0 Å². The third-order valence-corrected chi connectivity index (χ3v) is 2.35. The molecule has 0 bridgehead atoms. The first kappa shape index (κ1) is 7.97. The average Bonchev–Trinajstić information content (AvgIpc) is 2.11. The number of aliphatic carboxylic acids is 1. The molecule has 1 aliphatic rings. The smallest absolute Gasteiger partial charge is 0.324 e. The number of nitrogens with zero attached hydrogens (tertiary/aromatic N) is 1. The normalized spacial score (nSPS) is 34.6. The Labute approximate surface area is 66.8 Å². The highest BCUT2D eigenvalue weighted by Gasteiger charge is 2.37. The minimum atomic E-state index is -0.984. The summed E-state index contributed by atoms with van der Waals surface area (Å²) in [5.74, 6) is -0.984. The molecule has 0 aliphatic carbocycles. The Morgan fingerprint density at radius 3 is 2.50 bits per heavy atom. The number of rotatable bonds is 1. The lowest BCUT2D eigenvalue weighted by Crippen LogP contribution is -2.36. The van der Waals surface area contributed by atoms with Crippen LogP contribution in [0.15, 0.2) is 0 Å². The van der Waals surface area contributed by atoms with E-state index in [4.69, 9.17) is 10.2 Å². The van der Waals surface area contributed by atoms with Gasteiger partial charge in [-0.1, -0.05) is 0 Å². The molecule has 4 nitrogen and oxygen atoms in total. The van der Waals surface area contributed by atoms with Crippen molar-refractivity contribution in [2.45, 2.75) is 18.6 Å². The molecule has 0 aromatic rings. The molecule has 10 heavy (non-hydrogen) atoms. The minimum absolute atomic E-state index is 0.516. The maximum Gasteiger partial charge on any atom is 0.324 e. The van der Waals surface area contributed by atoms with Gasteiger partial charge in [-0.2, -0.15) is 0 Å². The number of carboxylic acid groups (broad SMARTS) is 1. The molecule has 1 heterocycles. The van der Waals surface area contributed by atoms with Gasteiger partial charge in [-0.25, -0.2) is 3.93 Å². The fourth-order valence-electron chi connectivity index (χ4n) is 1.02. The molecule has 0 aromatic heterocycles. The molecule has 5 heteroatoms. The number of halogens is 1. The molecule has 0 radical (unpaired) electrons. The highest BCUT2D eigenvalue weighted by molar-refractivity contribution is 9.07. The Bertz CT molecular complexity index is 142. The van der Waals surface area contributed by atoms with Crippen LogP contribution < -0.4 is 0 Å². The van der Waals surface area contributed by atoms with Crippen molar-refractivity contribution in [2.24, 2.45) is 0 Å². The van der Waals surface area contributed by atoms with Crippen molar-refractivity contribution in [3.05, 3.63) is 0 Å². The molecular formula is C5H8BrNO3. The Hall–Kier alpha value is -0.130. The second-order valence-electron chi connectivity index (χ2n) is 2.26. The van der Waals surface area contributed by atoms with E-state index in [1.807, 2.05) is 0 Å². The van der Waals surface area contributed by atoms with Gasteiger partial charge in [-0.15, -0.1) is 0 Å². The van der Waals surface area contributed by atoms with Crippen molar-refractivity contribution >= 4 is 22.1 Å². The van der Waals surface area contributed by atoms with Gasteiger partial charge in [0.15, 0.2) is 0 Å². The topological polar surface area (TPSA) is 60.8 Å². The molecule has 0 amide bonds. The lowest BCUT2D eigenvalue weighted by Gasteiger charge is -2.13. The minimum Gasteiger partial charge on any atom is -0.480 e. The summed E-state index contributed by atoms with van der Waals surface area (Å²) in [6.45, 7) is 0.581. The summed E-state index contributed by atoms with van der Waals surface area (Å²) in [5.41, 5.74) is 0. The molecule has 1 saturated heterocycles. The highest BCUT2D eigenvalue weighted by atomic mass is 79.9. The summed E-state index contributed by atoms with van der Waals surface area (Å²) in [4.78, 5) is 10.4. The maximum absolute atomic E-state index is 10.4. The number of aliphatic hydroxyl groups is 1. The molecule has 2 atom stereocenters. The van der Waals surface area contributed by atoms with E-state index in [1.54, 1.807) is 0 Å². The van der Waals surface area contributed by atoms with Crippen molar-refractivity contribution < 1.29 is 15.0 Å². The van der Waals surface area contributed by atoms with Crippen molar-refractivity contribution in [2.75, 3.05) is 6.54 Å². The van der Waals surface area contributed by atoms with Gasteiger partial charge in [0, 0.05) is 22.7 Å². The summed E-state index contributed by atoms with van der Waals surface area (Å²) in [7, 11) is 0. The third kappa shape index (κ3) is 1.31. The maximum atomic E-state index is 10.4. The van der Waals surface area contributed by atoms with Gasteiger partial charge in [0.05, 0.1) is 6.10 Å². The van der Waals surface area contributed by atoms with Crippen molar-refractivity contribution in [1.82, 2.24) is 3.93 Å². The standard InChI is InChI=1S/C5H8BrNO3/c6-7-2-1-3(8)4(7)5(9)10/h3-4,8H,1-2H2,(H,9,10)/t3?,4-/m0/s1. The first-order valence-electron chi connectivity index (χ1n) is 2.96. The van der Waals surface area contributed by atoms with Gasteiger partial charge in [-0.3, -0.25) is 4.79 Å². The molecule has 1 aliphatic heterocycles. The van der Waals surface area contributed by atoms with Crippen molar-refractivity contribution in [3.63, 3.8) is 0 Å². The third-order valence-electron chi connectivity index (χ3n) is 1.56. The number of carboxylic acids is 1. The first-order chi connectivity index (χ1) is 4.63. The summed E-state index contributed by atoms with van der Waals surface area (Å²) in [5, 5.41) is 17.6. The SMILES string of the molecule is O=C(O)[C@@H]1C(O)CCN1Br. The number of aliphatic hydroxyl groups excluding tert-OH is 1. The summed E-state index contributed by atoms with van der Waals surface area (Å²) in [6, 6.07) is -0.778. The molecule has 2 N–H and O–H groups in total. The zero-order valence-electron chi connectivity index (χ0n) is 5.20. The van der Waals surface area contributed by atoms with Crippen LogP contribution in [0, 0.1) is 0 Å². The van der Waals surface area contributed by atoms with Crippen LogP contribution in [0.5, 0.6) is 0 Å². The number of hydrogen-bond donors (Lipinski definition) is 2. The van der Waals surface area contributed by atoms with Crippen LogP contribution >= 0.6 is 16.1 Å². The molecule has 0 saturated carbocycles. The molecule has 1 unspecified atom stereocenters. The van der Waals surface area contributed by atoms with Crippen LogP contribution in [0.25, 0.3) is 0 Å². The zero-order valence-corrected chi connectivity index (χ0v) is 6.78. The molecule has 0 spiro atoms. The van der Waals surface area contributed by atoms with E-state index in [-0.39, 0.29) is 0 Å². The van der Waals surface area contributed by atoms with Crippen LogP contribution in [0.1, 0.15) is 6.42 Å². The van der Waals surface area contributed by atoms with E-state index in [9.17, 15) is 4.79 Å². The molecular weight excluding hydrogens is 202 g/mol. The van der Waals surface area contributed by atoms with Gasteiger partial charge in [-0.05, 0) is 6.42 Å². The van der Waals surface area contributed by atoms with Crippen LogP contribution in [0.2, 0.25) is 0 Å². The quantitative estimate of drug-likeness (QED) is 0.589. The number of carbonyl (C=O) groups is 1. The molecule has 1 rings (SSSR count). The van der Waals surface area contributed by atoms with Crippen LogP contribution in [-0.4, -0.2) is 38.8 Å². The van der Waals surface area contributed by atoms with E-state index in [2.05, 4.69) is 16.1 Å². The monoisotopic (exact) mass is 209 g/mol. The summed E-state index contributed by atoms with van der Waals surface area (Å²) < 4.78 is 1.46. The average molecular weight is 210 g/mol. The predicted octanol–water partition coefficient (Wildman–Crippen LogP) is -0.184. The van der Waals surface area contributed by atoms with E-state index in [1.165, 1.54) is 3.93 Å². The number of hydrogen-bond acceptors (Lipinski definition) is 3. The van der Waals surface area contributed by atoms with E-state index < -0.39 is 18.1 Å². The highest BCUT2D eigenvalue weighted by Crippen LogP contribution is 2.21. The van der Waals surface area contributed by atoms with Crippen LogP contribution in [0.4, 0.5) is 0 Å². The van der Waals surface area contributed by atoms with Gasteiger partial charge in [0.2, 0.25) is 0 Å². The molecule has 0 aromatic carbocycles. The Balaban J connectivity index is 2.63.